The molecule has 10 N–H and O–H groups in total. The minimum Gasteiger partial charge on any atom is -0.506 e. The summed E-state index contributed by atoms with van der Waals surface area (Å²) < 4.78 is 44.4. The Morgan fingerprint density at radius 3 is 1.15 bits per heavy atom. The Labute approximate surface area is 864 Å². The topological polar surface area (TPSA) is 358 Å². The summed E-state index contributed by atoms with van der Waals surface area (Å²) in [6.45, 7) is 33.2. The highest BCUT2D eigenvalue weighted by Gasteiger charge is 2.37. The van der Waals surface area contributed by atoms with Crippen LogP contribution in [0.3, 0.4) is 0 Å². The summed E-state index contributed by atoms with van der Waals surface area (Å²) in [6, 6.07) is 88.1. The summed E-state index contributed by atoms with van der Waals surface area (Å²) in [5, 5.41) is 104. The second-order valence-corrected chi connectivity index (χ2v) is 36.7. The smallest absolute Gasteiger partial charge is 0.420 e. The summed E-state index contributed by atoms with van der Waals surface area (Å²) in [5.74, 6) is 3.58. The van der Waals surface area contributed by atoms with Gasteiger partial charge < -0.3 is 60.6 Å². The Kier molecular flexibility index (Phi) is 39.2. The zero-order valence-corrected chi connectivity index (χ0v) is 87.1. The maximum atomic E-state index is 12.8. The number of hydrogen-bond acceptors (Lipinski definition) is 23. The van der Waals surface area contributed by atoms with Crippen LogP contribution in [0.5, 0.6) is 57.5 Å². The van der Waals surface area contributed by atoms with Crippen molar-refractivity contribution in [1.82, 2.24) is 49.8 Å². The fourth-order valence-electron chi connectivity index (χ4n) is 15.4. The zero-order chi connectivity index (χ0) is 107. The van der Waals surface area contributed by atoms with Crippen molar-refractivity contribution in [3.63, 3.8) is 0 Å². The van der Waals surface area contributed by atoms with E-state index in [1.165, 1.54) is 64.1 Å². The Morgan fingerprint density at radius 1 is 0.299 bits per heavy atom. The van der Waals surface area contributed by atoms with Gasteiger partial charge in [-0.25, -0.2) is 49.8 Å². The second-order valence-electron chi connectivity index (χ2n) is 34.7. The van der Waals surface area contributed by atoms with Gasteiger partial charge in [-0.2, -0.15) is 24.9 Å². The summed E-state index contributed by atoms with van der Waals surface area (Å²) in [7, 11) is 0. The number of aromatic nitrogens is 10. The molecule has 0 amide bonds. The summed E-state index contributed by atoms with van der Waals surface area (Å²) in [5.41, 5.74) is 23.3. The van der Waals surface area contributed by atoms with Crippen LogP contribution in [0.1, 0.15) is 128 Å². The van der Waals surface area contributed by atoms with Crippen molar-refractivity contribution in [3.05, 3.63) is 391 Å². The lowest BCUT2D eigenvalue weighted by Gasteiger charge is -2.13. The molecule has 0 spiro atoms. The van der Waals surface area contributed by atoms with E-state index in [2.05, 4.69) is 128 Å². The Balaban J connectivity index is 0.000000155. The number of aromatic hydroxyl groups is 10. The lowest BCUT2D eigenvalue weighted by Crippen LogP contribution is -2.08. The number of carbonyl (C=O) groups is 1. The van der Waals surface area contributed by atoms with Crippen LogP contribution in [0.4, 0.5) is 13.2 Å². The van der Waals surface area contributed by atoms with E-state index in [1.54, 1.807) is 90.1 Å². The summed E-state index contributed by atoms with van der Waals surface area (Å²) in [4.78, 5) is 50.7. The van der Waals surface area contributed by atoms with Crippen LogP contribution in [0, 0.1) is 90.0 Å². The van der Waals surface area contributed by atoms with Gasteiger partial charge in [-0.15, -0.1) is 0 Å². The number of aryl methyl sites for hydroxylation is 14. The molecular formula is C120H118BrF3N10O12S. The van der Waals surface area contributed by atoms with Gasteiger partial charge in [-0.3, -0.25) is 0 Å². The van der Waals surface area contributed by atoms with Gasteiger partial charge in [0, 0.05) is 66.2 Å². The molecule has 0 aliphatic carbocycles. The van der Waals surface area contributed by atoms with E-state index in [-0.39, 0.29) is 68.3 Å². The van der Waals surface area contributed by atoms with Crippen molar-refractivity contribution in [2.45, 2.75) is 142 Å². The SMILES string of the molecule is C=O.CCOCc1ccc2cc(O)c(C)nc2c1.CCSCc1cccc2nc(C)c(O)cc12.CCc1cccc2cc(O)c(C)nc12.Cc1ccc2cc(O)c(C)nc2c1.Cc1ccc2nc(C)c(O)cc2c1.Cc1ccc2nc(C)c(O)cc2c1.Cc1nc2cc(Cc3ccccc3)ccc2cc1O.Cc1nc2ccccc2c(Br)c1O.Cc1nc2ccccc2c(C(F)(F)F)c1O.Cc1nc2ccccc2cc1O. The van der Waals surface area contributed by atoms with Crippen molar-refractivity contribution in [1.29, 1.82) is 0 Å². The minimum absolute atomic E-state index is 0.0222. The number of ether oxygens (including phenoxy) is 1. The van der Waals surface area contributed by atoms with Gasteiger partial charge in [-0.1, -0.05) is 189 Å². The molecule has 0 radical (unpaired) electrons. The first kappa shape index (κ1) is 111. The molecule has 0 fully saturated rings. The van der Waals surface area contributed by atoms with Crippen LogP contribution in [-0.2, 0) is 40.9 Å². The zero-order valence-electron chi connectivity index (χ0n) is 84.7. The molecule has 22 nitrogen and oxygen atoms in total. The largest absolute Gasteiger partial charge is 0.506 e. The molecule has 11 aromatic carbocycles. The summed E-state index contributed by atoms with van der Waals surface area (Å²) >= 11 is 5.22. The predicted molar refractivity (Wildman–Crippen MR) is 591 cm³/mol. The molecule has 10 aromatic heterocycles. The average molecular weight is 2060 g/mol. The maximum absolute atomic E-state index is 12.8. The van der Waals surface area contributed by atoms with E-state index >= 15 is 0 Å². The normalized spacial score (nSPS) is 10.7. The first-order valence-electron chi connectivity index (χ1n) is 47.2. The van der Waals surface area contributed by atoms with Crippen LogP contribution in [-0.4, -0.2) is 120 Å². The monoisotopic (exact) mass is 2060 g/mol. The molecule has 10 heterocycles. The molecule has 754 valence electrons. The molecule has 0 unspecified atom stereocenters. The summed E-state index contributed by atoms with van der Waals surface area (Å²) in [6.07, 6.45) is -2.72. The second kappa shape index (κ2) is 51.8. The lowest BCUT2D eigenvalue weighted by atomic mass is 10.0. The number of thioether (sulfide) groups is 1. The van der Waals surface area contributed by atoms with E-state index in [0.717, 1.165) is 133 Å². The molecule has 0 bridgehead atoms. The van der Waals surface area contributed by atoms with E-state index < -0.39 is 17.5 Å². The van der Waals surface area contributed by atoms with Crippen molar-refractivity contribution in [3.8, 4) is 57.5 Å². The molecule has 0 atom stereocenters. The average Bonchev–Trinajstić information content (AvgIpc) is 0.767. The van der Waals surface area contributed by atoms with Gasteiger partial charge >= 0.3 is 6.18 Å². The fourth-order valence-corrected chi connectivity index (χ4v) is 16.7. The van der Waals surface area contributed by atoms with Crippen molar-refractivity contribution >= 4 is 144 Å². The van der Waals surface area contributed by atoms with Crippen LogP contribution < -0.4 is 0 Å². The molecule has 0 aliphatic heterocycles. The number of pyridine rings is 10. The van der Waals surface area contributed by atoms with E-state index in [4.69, 9.17) is 9.53 Å². The first-order chi connectivity index (χ1) is 70.2. The highest BCUT2D eigenvalue weighted by Crippen LogP contribution is 2.42. The Morgan fingerprint density at radius 2 is 0.646 bits per heavy atom. The van der Waals surface area contributed by atoms with E-state index in [9.17, 15) is 64.2 Å². The third kappa shape index (κ3) is 30.0. The fraction of sp³-hybridized carbons (Fsp3) is 0.192. The first-order valence-corrected chi connectivity index (χ1v) is 49.2. The number of nitrogens with zero attached hydrogens (tertiary/aromatic N) is 10. The van der Waals surface area contributed by atoms with Crippen LogP contribution in [0.15, 0.2) is 284 Å². The van der Waals surface area contributed by atoms with Crippen molar-refractivity contribution < 1.29 is 73.8 Å². The quantitative estimate of drug-likeness (QED) is 0.0641. The number of benzene rings is 11. The molecular weight excluding hydrogens is 1940 g/mol. The number of carbonyl (C=O) groups excluding carboxylic acids is 1. The Hall–Kier alpha value is -16.2. The molecule has 21 aromatic rings. The number of fused-ring (bicyclic) bond motifs is 10. The Bertz CT molecular complexity index is 7970. The standard InChI is InChI=1S/C17H15NO.C13H15NO2.C13H15NOS.C12H13NO.C11H8F3NO.3C11H11NO.C10H8BrNO.C10H9NO.CH2O/c1-12-17(19)11-15-8-7-14(10-16(15)18-12)9-13-5-3-2-4-6-13;1-3-16-8-10-4-5-11-7-13(15)9(2)14-12(11)6-10;1-3-16-8-10-5-4-6-12-11(10)7-13(15)9(2)14-12;1-3-9-5-4-6-10-7-11(14)8(2)13-12(9)10;1-6-10(16)9(11(12,13)14)7-4-2-3-5-8(7)15-6;2*1-7-3-4-10-9(5-7)6-11(13)8(2)12-10;1-7-3-4-9-6-11(13)8(2)12-10(9)5-7;1-6-10(13)9(11)7-4-2-3-5-8(7)12-6;1-7-10(12)6-8-4-2-3-5-9(8)11-7;1-2/h2-8,10-11,19H,9H2,1H3;2*4-7,15H,3,8H2,1-2H3;4-7,14H,3H2,1-2H3;2-5,16H,1H3;3*3-6,13H,1-2H3;2-5,13H,1H3;2-6,12H,1H3;1H2. The molecule has 21 rings (SSSR count). The maximum Gasteiger partial charge on any atom is 0.420 e. The van der Waals surface area contributed by atoms with Gasteiger partial charge in [0.2, 0.25) is 0 Å². The minimum atomic E-state index is -4.59. The lowest BCUT2D eigenvalue weighted by molar-refractivity contribution is -0.137. The van der Waals surface area contributed by atoms with Crippen LogP contribution >= 0.6 is 27.7 Å². The molecule has 27 heteroatoms. The van der Waals surface area contributed by atoms with Crippen LogP contribution in [0.2, 0.25) is 0 Å². The number of rotatable bonds is 9. The third-order valence-corrected chi connectivity index (χ3v) is 25.2. The van der Waals surface area contributed by atoms with Gasteiger partial charge in [0.05, 0.1) is 123 Å². The number of para-hydroxylation sites is 4. The van der Waals surface area contributed by atoms with E-state index in [1.807, 2.05) is 231 Å². The van der Waals surface area contributed by atoms with Gasteiger partial charge in [0.25, 0.3) is 0 Å². The number of hydrogen-bond donors (Lipinski definition) is 10. The van der Waals surface area contributed by atoms with Crippen molar-refractivity contribution in [2.24, 2.45) is 0 Å². The van der Waals surface area contributed by atoms with Gasteiger partial charge in [0.15, 0.2) is 5.75 Å². The molecule has 0 saturated heterocycles. The molecule has 147 heavy (non-hydrogen) atoms. The van der Waals surface area contributed by atoms with Gasteiger partial charge in [0.1, 0.15) is 64.1 Å². The molecule has 0 aliphatic rings. The number of alkyl halides is 3. The van der Waals surface area contributed by atoms with Gasteiger partial charge in [-0.05, 0) is 280 Å². The van der Waals surface area contributed by atoms with Crippen LogP contribution in [0.25, 0.3) is 109 Å². The van der Waals surface area contributed by atoms with Crippen molar-refractivity contribution in [2.75, 3.05) is 12.4 Å². The molecule has 0 saturated carbocycles. The third-order valence-electron chi connectivity index (χ3n) is 23.5. The predicted octanol–water partition coefficient (Wildman–Crippen LogP) is 29.0. The van der Waals surface area contributed by atoms with E-state index in [0.29, 0.717) is 64.5 Å². The highest BCUT2D eigenvalue weighted by molar-refractivity contribution is 9.10. The highest BCUT2D eigenvalue weighted by atomic mass is 79.9. The number of halogens is 4.